The number of fused-ring (bicyclic) bond motifs is 1. The summed E-state index contributed by atoms with van der Waals surface area (Å²) in [6.07, 6.45) is 1.94. The Labute approximate surface area is 114 Å². The SMILES string of the molecule is O=C(O)c1nc(C2CCSCC2)n2c(O)cccc12. The zero-order chi connectivity index (χ0) is 13.4. The topological polar surface area (TPSA) is 74.8 Å². The van der Waals surface area contributed by atoms with Crippen molar-refractivity contribution in [3.8, 4) is 5.88 Å². The predicted octanol–water partition coefficient (Wildman–Crippen LogP) is 2.35. The number of hydrogen-bond donors (Lipinski definition) is 2. The Kier molecular flexibility index (Phi) is 3.10. The van der Waals surface area contributed by atoms with E-state index in [1.165, 1.54) is 0 Å². The molecule has 1 saturated heterocycles. The minimum atomic E-state index is -1.06. The highest BCUT2D eigenvalue weighted by Gasteiger charge is 2.25. The first kappa shape index (κ1) is 12.3. The van der Waals surface area contributed by atoms with Gasteiger partial charge in [-0.1, -0.05) is 6.07 Å². The first-order chi connectivity index (χ1) is 9.18. The molecule has 0 radical (unpaired) electrons. The van der Waals surface area contributed by atoms with E-state index in [0.717, 1.165) is 24.3 Å². The average molecular weight is 278 g/mol. The summed E-state index contributed by atoms with van der Waals surface area (Å²) in [6.45, 7) is 0. The molecule has 0 saturated carbocycles. The van der Waals surface area contributed by atoms with E-state index in [1.807, 2.05) is 11.8 Å². The summed E-state index contributed by atoms with van der Waals surface area (Å²) in [6, 6.07) is 4.87. The molecule has 2 aromatic heterocycles. The van der Waals surface area contributed by atoms with Crippen molar-refractivity contribution < 1.29 is 15.0 Å². The van der Waals surface area contributed by atoms with Crippen LogP contribution in [-0.2, 0) is 0 Å². The molecule has 2 N–H and O–H groups in total. The Bertz CT molecular complexity index is 632. The lowest BCUT2D eigenvalue weighted by atomic mass is 10.0. The second kappa shape index (κ2) is 4.77. The molecule has 0 amide bonds. The smallest absolute Gasteiger partial charge is 0.356 e. The molecule has 3 rings (SSSR count). The van der Waals surface area contributed by atoms with Crippen LogP contribution in [0, 0.1) is 0 Å². The third-order valence-electron chi connectivity index (χ3n) is 3.46. The van der Waals surface area contributed by atoms with E-state index in [0.29, 0.717) is 11.3 Å². The number of hydrogen-bond acceptors (Lipinski definition) is 4. The van der Waals surface area contributed by atoms with Gasteiger partial charge in [-0.3, -0.25) is 4.40 Å². The van der Waals surface area contributed by atoms with Gasteiger partial charge in [0.1, 0.15) is 5.82 Å². The number of aromatic carboxylic acids is 1. The van der Waals surface area contributed by atoms with Crippen LogP contribution in [0.15, 0.2) is 18.2 Å². The Morgan fingerprint density at radius 1 is 1.37 bits per heavy atom. The average Bonchev–Trinajstić information content (AvgIpc) is 2.81. The van der Waals surface area contributed by atoms with Crippen LogP contribution < -0.4 is 0 Å². The summed E-state index contributed by atoms with van der Waals surface area (Å²) >= 11 is 1.90. The largest absolute Gasteiger partial charge is 0.494 e. The third-order valence-corrected chi connectivity index (χ3v) is 4.51. The van der Waals surface area contributed by atoms with Gasteiger partial charge in [0, 0.05) is 5.92 Å². The number of aromatic nitrogens is 2. The van der Waals surface area contributed by atoms with Crippen molar-refractivity contribution >= 4 is 23.2 Å². The molecule has 100 valence electrons. The highest BCUT2D eigenvalue weighted by molar-refractivity contribution is 7.99. The van der Waals surface area contributed by atoms with Crippen molar-refractivity contribution in [2.75, 3.05) is 11.5 Å². The van der Waals surface area contributed by atoms with Crippen LogP contribution >= 0.6 is 11.8 Å². The molecule has 2 aromatic rings. The first-order valence-corrected chi connectivity index (χ1v) is 7.35. The van der Waals surface area contributed by atoms with Gasteiger partial charge in [0.05, 0.1) is 5.52 Å². The minimum absolute atomic E-state index is 0.0177. The van der Waals surface area contributed by atoms with Crippen LogP contribution in [0.4, 0.5) is 0 Å². The lowest BCUT2D eigenvalue weighted by Crippen LogP contribution is -2.11. The van der Waals surface area contributed by atoms with E-state index >= 15 is 0 Å². The highest BCUT2D eigenvalue weighted by Crippen LogP contribution is 2.33. The van der Waals surface area contributed by atoms with Gasteiger partial charge in [-0.15, -0.1) is 0 Å². The Morgan fingerprint density at radius 3 is 2.79 bits per heavy atom. The Hall–Kier alpha value is -1.69. The molecule has 19 heavy (non-hydrogen) atoms. The number of carboxylic acids is 1. The molecular formula is C13H14N2O3S. The first-order valence-electron chi connectivity index (χ1n) is 6.20. The highest BCUT2D eigenvalue weighted by atomic mass is 32.2. The maximum atomic E-state index is 11.3. The van der Waals surface area contributed by atoms with Crippen LogP contribution in [0.2, 0.25) is 0 Å². The van der Waals surface area contributed by atoms with E-state index in [1.54, 1.807) is 22.6 Å². The quantitative estimate of drug-likeness (QED) is 0.882. The lowest BCUT2D eigenvalue weighted by molar-refractivity contribution is 0.0693. The van der Waals surface area contributed by atoms with E-state index in [-0.39, 0.29) is 17.5 Å². The number of carboxylic acid groups (broad SMARTS) is 1. The van der Waals surface area contributed by atoms with Crippen LogP contribution in [0.3, 0.4) is 0 Å². The predicted molar refractivity (Wildman–Crippen MR) is 73.1 cm³/mol. The number of carbonyl (C=O) groups is 1. The normalized spacial score (nSPS) is 16.8. The number of nitrogens with zero attached hydrogens (tertiary/aromatic N) is 2. The fraction of sp³-hybridized carbons (Fsp3) is 0.385. The summed E-state index contributed by atoms with van der Waals surface area (Å²) in [5, 5.41) is 19.2. The molecule has 0 atom stereocenters. The molecule has 0 aromatic carbocycles. The van der Waals surface area contributed by atoms with Crippen molar-refractivity contribution in [2.45, 2.75) is 18.8 Å². The van der Waals surface area contributed by atoms with E-state index in [4.69, 9.17) is 0 Å². The van der Waals surface area contributed by atoms with Crippen molar-refractivity contribution in [1.29, 1.82) is 0 Å². The van der Waals surface area contributed by atoms with Gasteiger partial charge in [-0.25, -0.2) is 9.78 Å². The van der Waals surface area contributed by atoms with Crippen LogP contribution in [-0.4, -0.2) is 37.1 Å². The second-order valence-corrected chi connectivity index (χ2v) is 5.84. The number of pyridine rings is 1. The number of aromatic hydroxyl groups is 1. The lowest BCUT2D eigenvalue weighted by Gasteiger charge is -2.20. The Morgan fingerprint density at radius 2 is 2.11 bits per heavy atom. The number of imidazole rings is 1. The van der Waals surface area contributed by atoms with Crippen molar-refractivity contribution in [1.82, 2.24) is 9.38 Å². The van der Waals surface area contributed by atoms with Crippen molar-refractivity contribution in [2.24, 2.45) is 0 Å². The minimum Gasteiger partial charge on any atom is -0.494 e. The molecule has 6 heteroatoms. The van der Waals surface area contributed by atoms with Crippen LogP contribution in [0.5, 0.6) is 5.88 Å². The second-order valence-electron chi connectivity index (χ2n) is 4.62. The molecule has 1 aliphatic rings. The monoisotopic (exact) mass is 278 g/mol. The third kappa shape index (κ3) is 2.06. The fourth-order valence-corrected chi connectivity index (χ4v) is 3.64. The maximum Gasteiger partial charge on any atom is 0.356 e. The van der Waals surface area contributed by atoms with Gasteiger partial charge in [0.15, 0.2) is 11.6 Å². The van der Waals surface area contributed by atoms with Gasteiger partial charge < -0.3 is 10.2 Å². The van der Waals surface area contributed by atoms with Gasteiger partial charge in [0.25, 0.3) is 0 Å². The molecule has 0 unspecified atom stereocenters. The standard InChI is InChI=1S/C13H14N2O3S/c16-10-3-1-2-9-11(13(17)18)14-12(15(9)10)8-4-6-19-7-5-8/h1-3,8,16H,4-7H2,(H,17,18). The summed E-state index contributed by atoms with van der Waals surface area (Å²) in [5.41, 5.74) is 0.477. The number of rotatable bonds is 2. The van der Waals surface area contributed by atoms with E-state index < -0.39 is 5.97 Å². The molecule has 3 heterocycles. The molecule has 0 aliphatic carbocycles. The van der Waals surface area contributed by atoms with Crippen molar-refractivity contribution in [3.63, 3.8) is 0 Å². The molecule has 1 aliphatic heterocycles. The molecule has 5 nitrogen and oxygen atoms in total. The van der Waals surface area contributed by atoms with Gasteiger partial charge in [-0.05, 0) is 36.5 Å². The maximum absolute atomic E-state index is 11.3. The molecule has 0 bridgehead atoms. The van der Waals surface area contributed by atoms with Crippen LogP contribution in [0.1, 0.15) is 35.1 Å². The fourth-order valence-electron chi connectivity index (χ4n) is 2.53. The van der Waals surface area contributed by atoms with Gasteiger partial charge in [0.2, 0.25) is 0 Å². The van der Waals surface area contributed by atoms with E-state index in [2.05, 4.69) is 4.98 Å². The van der Waals surface area contributed by atoms with Crippen molar-refractivity contribution in [3.05, 3.63) is 29.7 Å². The Balaban J connectivity index is 2.20. The summed E-state index contributed by atoms with van der Waals surface area (Å²) in [5.74, 6) is 1.98. The van der Waals surface area contributed by atoms with Crippen LogP contribution in [0.25, 0.3) is 5.52 Å². The van der Waals surface area contributed by atoms with Gasteiger partial charge in [-0.2, -0.15) is 11.8 Å². The summed E-state index contributed by atoms with van der Waals surface area (Å²) in [7, 11) is 0. The molecule has 0 spiro atoms. The summed E-state index contributed by atoms with van der Waals surface area (Å²) < 4.78 is 1.57. The van der Waals surface area contributed by atoms with Gasteiger partial charge >= 0.3 is 5.97 Å². The molecular weight excluding hydrogens is 264 g/mol. The number of thioether (sulfide) groups is 1. The zero-order valence-electron chi connectivity index (χ0n) is 10.2. The summed E-state index contributed by atoms with van der Waals surface area (Å²) in [4.78, 5) is 15.5. The van der Waals surface area contributed by atoms with E-state index in [9.17, 15) is 15.0 Å². The molecule has 1 fully saturated rings. The zero-order valence-corrected chi connectivity index (χ0v) is 11.1.